The van der Waals surface area contributed by atoms with Gasteiger partial charge in [0.05, 0.1) is 6.61 Å². The number of nitrogens with one attached hydrogen (secondary N) is 1. The number of hydrogen-bond donors (Lipinski definition) is 1. The van der Waals surface area contributed by atoms with E-state index in [1.165, 1.54) is 0 Å². The lowest BCUT2D eigenvalue weighted by molar-refractivity contribution is 0.100. The number of pyridine rings is 1. The molecule has 19 heavy (non-hydrogen) atoms. The molecular weight excluding hydrogens is 242 g/mol. The number of likely N-dealkylation sites (tertiary alicyclic amines) is 1. The van der Waals surface area contributed by atoms with E-state index in [1.54, 1.807) is 19.5 Å². The van der Waals surface area contributed by atoms with Crippen molar-refractivity contribution in [2.45, 2.75) is 19.4 Å². The fraction of sp³-hybridized carbons (Fsp3) is 0.571. The van der Waals surface area contributed by atoms with Crippen molar-refractivity contribution in [1.82, 2.24) is 15.2 Å². The first-order chi connectivity index (χ1) is 9.29. The number of rotatable bonds is 4. The lowest BCUT2D eigenvalue weighted by Gasteiger charge is -2.32. The normalized spacial score (nSPS) is 19.2. The van der Waals surface area contributed by atoms with Crippen molar-refractivity contribution in [2.75, 3.05) is 26.8 Å². The second-order valence-electron chi connectivity index (χ2n) is 4.93. The number of urea groups is 1. The molecule has 2 heterocycles. The van der Waals surface area contributed by atoms with E-state index in [-0.39, 0.29) is 6.03 Å². The van der Waals surface area contributed by atoms with Crippen LogP contribution in [0.1, 0.15) is 18.4 Å². The Morgan fingerprint density at radius 2 is 2.53 bits per heavy atom. The van der Waals surface area contributed by atoms with Crippen LogP contribution in [0.3, 0.4) is 0 Å². The van der Waals surface area contributed by atoms with E-state index in [4.69, 9.17) is 4.74 Å². The average Bonchev–Trinajstić information content (AvgIpc) is 2.46. The molecule has 0 bridgehead atoms. The van der Waals surface area contributed by atoms with Crippen molar-refractivity contribution in [3.05, 3.63) is 30.1 Å². The summed E-state index contributed by atoms with van der Waals surface area (Å²) in [5.74, 6) is 0.461. The molecule has 0 unspecified atom stereocenters. The van der Waals surface area contributed by atoms with Crippen LogP contribution >= 0.6 is 0 Å². The lowest BCUT2D eigenvalue weighted by atomic mass is 9.99. The molecule has 1 saturated heterocycles. The molecule has 1 aromatic heterocycles. The highest BCUT2D eigenvalue weighted by Gasteiger charge is 2.23. The summed E-state index contributed by atoms with van der Waals surface area (Å²) >= 11 is 0. The molecule has 0 radical (unpaired) electrons. The highest BCUT2D eigenvalue weighted by molar-refractivity contribution is 5.74. The van der Waals surface area contributed by atoms with Gasteiger partial charge in [-0.1, -0.05) is 6.07 Å². The van der Waals surface area contributed by atoms with Crippen molar-refractivity contribution in [3.8, 4) is 0 Å². The quantitative estimate of drug-likeness (QED) is 0.898. The summed E-state index contributed by atoms with van der Waals surface area (Å²) in [6.45, 7) is 2.87. The standard InChI is InChI=1S/C14H21N3O2/c1-19-11-13-5-3-7-17(10-13)14(18)16-9-12-4-2-6-15-8-12/h2,4,6,8,13H,3,5,7,9-11H2,1H3,(H,16,18)/t13-/m1/s1. The van der Waals surface area contributed by atoms with Crippen molar-refractivity contribution >= 4 is 6.03 Å². The van der Waals surface area contributed by atoms with Gasteiger partial charge in [0.15, 0.2) is 0 Å². The highest BCUT2D eigenvalue weighted by atomic mass is 16.5. The van der Waals surface area contributed by atoms with Crippen LogP contribution in [0.4, 0.5) is 4.79 Å². The van der Waals surface area contributed by atoms with E-state index in [9.17, 15) is 4.79 Å². The summed E-state index contributed by atoms with van der Waals surface area (Å²) in [4.78, 5) is 18.0. The van der Waals surface area contributed by atoms with Gasteiger partial charge in [-0.3, -0.25) is 4.98 Å². The monoisotopic (exact) mass is 263 g/mol. The number of ether oxygens (including phenoxy) is 1. The zero-order chi connectivity index (χ0) is 13.5. The van der Waals surface area contributed by atoms with Crippen LogP contribution < -0.4 is 5.32 Å². The highest BCUT2D eigenvalue weighted by Crippen LogP contribution is 2.16. The number of aromatic nitrogens is 1. The average molecular weight is 263 g/mol. The SMILES string of the molecule is COC[C@@H]1CCCN(C(=O)NCc2cccnc2)C1. The van der Waals surface area contributed by atoms with Gasteiger partial charge in [0, 0.05) is 45.1 Å². The number of hydrogen-bond acceptors (Lipinski definition) is 3. The number of piperidine rings is 1. The Balaban J connectivity index is 1.79. The molecule has 0 spiro atoms. The fourth-order valence-electron chi connectivity index (χ4n) is 2.41. The number of amides is 2. The third-order valence-electron chi connectivity index (χ3n) is 3.38. The maximum atomic E-state index is 12.1. The van der Waals surface area contributed by atoms with Crippen LogP contribution in [0.25, 0.3) is 0 Å². The number of nitrogens with zero attached hydrogens (tertiary/aromatic N) is 2. The van der Waals surface area contributed by atoms with E-state index < -0.39 is 0 Å². The Labute approximate surface area is 114 Å². The third-order valence-corrected chi connectivity index (χ3v) is 3.38. The maximum Gasteiger partial charge on any atom is 0.317 e. The molecular formula is C14H21N3O2. The largest absolute Gasteiger partial charge is 0.384 e. The fourth-order valence-corrected chi connectivity index (χ4v) is 2.41. The van der Waals surface area contributed by atoms with Crippen LogP contribution in [0.15, 0.2) is 24.5 Å². The zero-order valence-electron chi connectivity index (χ0n) is 11.3. The Kier molecular flexibility index (Phi) is 5.15. The van der Waals surface area contributed by atoms with Gasteiger partial charge in [-0.2, -0.15) is 0 Å². The van der Waals surface area contributed by atoms with Gasteiger partial charge in [0.25, 0.3) is 0 Å². The number of methoxy groups -OCH3 is 1. The minimum atomic E-state index is 0.00431. The first-order valence-corrected chi connectivity index (χ1v) is 6.70. The minimum Gasteiger partial charge on any atom is -0.384 e. The van der Waals surface area contributed by atoms with Crippen molar-refractivity contribution in [2.24, 2.45) is 5.92 Å². The first-order valence-electron chi connectivity index (χ1n) is 6.70. The van der Waals surface area contributed by atoms with Gasteiger partial charge in [0.2, 0.25) is 0 Å². The van der Waals surface area contributed by atoms with Gasteiger partial charge in [-0.25, -0.2) is 4.79 Å². The van der Waals surface area contributed by atoms with Gasteiger partial charge in [-0.15, -0.1) is 0 Å². The molecule has 0 aromatic carbocycles. The summed E-state index contributed by atoms with van der Waals surface area (Å²) in [7, 11) is 1.71. The predicted molar refractivity (Wildman–Crippen MR) is 72.6 cm³/mol. The minimum absolute atomic E-state index is 0.00431. The lowest BCUT2D eigenvalue weighted by Crippen LogP contribution is -2.46. The van der Waals surface area contributed by atoms with Crippen LogP contribution in [-0.4, -0.2) is 42.7 Å². The predicted octanol–water partition coefficient (Wildman–Crippen LogP) is 1.65. The molecule has 5 nitrogen and oxygen atoms in total. The van der Waals surface area contributed by atoms with Crippen molar-refractivity contribution < 1.29 is 9.53 Å². The third kappa shape index (κ3) is 4.21. The molecule has 5 heteroatoms. The van der Waals surface area contributed by atoms with Gasteiger partial charge in [-0.05, 0) is 24.5 Å². The topological polar surface area (TPSA) is 54.5 Å². The van der Waals surface area contributed by atoms with E-state index >= 15 is 0 Å². The molecule has 2 rings (SSSR count). The van der Waals surface area contributed by atoms with Gasteiger partial charge < -0.3 is 15.0 Å². The molecule has 1 aromatic rings. The molecule has 0 saturated carbocycles. The second kappa shape index (κ2) is 7.09. The molecule has 1 aliphatic heterocycles. The van der Waals surface area contributed by atoms with Gasteiger partial charge >= 0.3 is 6.03 Å². The summed E-state index contributed by atoms with van der Waals surface area (Å²) < 4.78 is 5.17. The van der Waals surface area contributed by atoms with Gasteiger partial charge in [0.1, 0.15) is 0 Å². The summed E-state index contributed by atoms with van der Waals surface area (Å²) in [5, 5.41) is 2.94. The van der Waals surface area contributed by atoms with Crippen LogP contribution in [0, 0.1) is 5.92 Å². The van der Waals surface area contributed by atoms with E-state index in [0.717, 1.165) is 38.1 Å². The molecule has 1 fully saturated rings. The summed E-state index contributed by atoms with van der Waals surface area (Å²) in [6.07, 6.45) is 5.68. The first kappa shape index (κ1) is 13.8. The molecule has 1 N–H and O–H groups in total. The Hall–Kier alpha value is -1.62. The van der Waals surface area contributed by atoms with Crippen molar-refractivity contribution in [1.29, 1.82) is 0 Å². The van der Waals surface area contributed by atoms with Crippen LogP contribution in [0.5, 0.6) is 0 Å². The Morgan fingerprint density at radius 1 is 1.63 bits per heavy atom. The molecule has 1 aliphatic rings. The van der Waals surface area contributed by atoms with Crippen molar-refractivity contribution in [3.63, 3.8) is 0 Å². The summed E-state index contributed by atoms with van der Waals surface area (Å²) in [6, 6.07) is 3.83. The number of carbonyl (C=O) groups is 1. The zero-order valence-corrected chi connectivity index (χ0v) is 11.3. The molecule has 104 valence electrons. The summed E-state index contributed by atoms with van der Waals surface area (Å²) in [5.41, 5.74) is 1.02. The number of carbonyl (C=O) groups excluding carboxylic acids is 1. The Morgan fingerprint density at radius 3 is 3.26 bits per heavy atom. The molecule has 1 atom stereocenters. The smallest absolute Gasteiger partial charge is 0.317 e. The second-order valence-corrected chi connectivity index (χ2v) is 4.93. The van der Waals surface area contributed by atoms with E-state index in [2.05, 4.69) is 10.3 Å². The van der Waals surface area contributed by atoms with E-state index in [1.807, 2.05) is 17.0 Å². The van der Waals surface area contributed by atoms with Crippen LogP contribution in [0.2, 0.25) is 0 Å². The van der Waals surface area contributed by atoms with Crippen LogP contribution in [-0.2, 0) is 11.3 Å². The Bertz CT molecular complexity index is 395. The molecule has 2 amide bonds. The molecule has 0 aliphatic carbocycles. The maximum absolute atomic E-state index is 12.1. The van der Waals surface area contributed by atoms with E-state index in [0.29, 0.717) is 12.5 Å².